The molecule has 8 rings (SSSR count). The summed E-state index contributed by atoms with van der Waals surface area (Å²) in [5.41, 5.74) is 6.81. The lowest BCUT2D eigenvalue weighted by Gasteiger charge is -2.18. The van der Waals surface area contributed by atoms with Crippen molar-refractivity contribution in [3.8, 4) is 33.4 Å². The highest BCUT2D eigenvalue weighted by Crippen LogP contribution is 2.44. The molecule has 0 radical (unpaired) electrons. The van der Waals surface area contributed by atoms with Crippen molar-refractivity contribution in [2.24, 2.45) is 0 Å². The summed E-state index contributed by atoms with van der Waals surface area (Å²) >= 11 is 0. The second-order valence-electron chi connectivity index (χ2n) is 10.4. The van der Waals surface area contributed by atoms with Crippen molar-refractivity contribution in [1.82, 2.24) is 0 Å². The lowest BCUT2D eigenvalue weighted by atomic mass is 9.85. The monoisotopic (exact) mass is 508 g/mol. The Labute approximate surface area is 236 Å². The van der Waals surface area contributed by atoms with E-state index in [1.165, 1.54) is 32.7 Å². The van der Waals surface area contributed by atoms with Crippen LogP contribution in [0.4, 0.5) is 0 Å². The van der Waals surface area contributed by atoms with Crippen molar-refractivity contribution < 1.29 is 2.74 Å². The number of fused-ring (bicyclic) bond motifs is 4. The molecule has 0 aliphatic carbocycles. The van der Waals surface area contributed by atoms with Gasteiger partial charge in [-0.3, -0.25) is 0 Å². The summed E-state index contributed by atoms with van der Waals surface area (Å²) in [5.74, 6) is 0. The van der Waals surface area contributed by atoms with Crippen LogP contribution in [0.2, 0.25) is 0 Å². The van der Waals surface area contributed by atoms with E-state index in [-0.39, 0.29) is 0 Å². The number of rotatable bonds is 3. The first-order valence-electron chi connectivity index (χ1n) is 14.7. The first-order chi connectivity index (χ1) is 20.6. The normalized spacial score (nSPS) is 12.2. The minimum Gasteiger partial charge on any atom is -0.0616 e. The van der Waals surface area contributed by atoms with Crippen LogP contribution in [0.25, 0.3) is 76.5 Å². The van der Waals surface area contributed by atoms with E-state index in [9.17, 15) is 0 Å². The van der Waals surface area contributed by atoms with Gasteiger partial charge in [0.1, 0.15) is 0 Å². The second-order valence-corrected chi connectivity index (χ2v) is 10.4. The van der Waals surface area contributed by atoms with E-state index in [2.05, 4.69) is 121 Å². The third-order valence-electron chi connectivity index (χ3n) is 8.12. The van der Waals surface area contributed by atoms with E-state index in [1.54, 1.807) is 0 Å². The zero-order chi connectivity index (χ0) is 28.2. The van der Waals surface area contributed by atoms with E-state index < -0.39 is 0 Å². The number of hydrogen-bond acceptors (Lipinski definition) is 0. The Kier molecular flexibility index (Phi) is 4.78. The quantitative estimate of drug-likeness (QED) is 0.208. The molecule has 0 unspecified atom stereocenters. The van der Waals surface area contributed by atoms with E-state index >= 15 is 0 Å². The fourth-order valence-corrected chi connectivity index (χ4v) is 6.26. The van der Waals surface area contributed by atoms with E-state index in [0.717, 1.165) is 43.8 Å². The highest BCUT2D eigenvalue weighted by Gasteiger charge is 2.17. The molecule has 0 aliphatic rings. The zero-order valence-corrected chi connectivity index (χ0v) is 21.9. The molecule has 0 aromatic heterocycles. The van der Waals surface area contributed by atoms with Crippen LogP contribution in [0, 0.1) is 0 Å². The van der Waals surface area contributed by atoms with Gasteiger partial charge in [-0.1, -0.05) is 152 Å². The predicted octanol–water partition coefficient (Wildman–Crippen LogP) is 11.3. The lowest BCUT2D eigenvalue weighted by Crippen LogP contribution is -1.91. The summed E-state index contributed by atoms with van der Waals surface area (Å²) < 4.78 is 17.1. The van der Waals surface area contributed by atoms with Gasteiger partial charge in [-0.25, -0.2) is 0 Å². The highest BCUT2D eigenvalue weighted by molar-refractivity contribution is 6.21. The summed E-state index contributed by atoms with van der Waals surface area (Å²) in [7, 11) is 0. The van der Waals surface area contributed by atoms with Crippen LogP contribution in [-0.2, 0) is 0 Å². The lowest BCUT2D eigenvalue weighted by molar-refractivity contribution is 1.63. The van der Waals surface area contributed by atoms with Crippen LogP contribution >= 0.6 is 0 Å². The molecule has 186 valence electrons. The van der Waals surface area contributed by atoms with Gasteiger partial charge >= 0.3 is 0 Å². The average Bonchev–Trinajstić information content (AvgIpc) is 3.03. The SMILES string of the molecule is [2H]c1ccc2c(-c3ccc4ccccc4c3)c3cc([2H])ccc3c(-c3ccc(-c4cccc5ccccc45)cc3)c2c1. The molecule has 8 aromatic rings. The summed E-state index contributed by atoms with van der Waals surface area (Å²) in [6.07, 6.45) is 0. The molecular formula is C40H26. The molecule has 0 nitrogen and oxygen atoms in total. The Balaban J connectivity index is 1.39. The minimum absolute atomic E-state index is 0.483. The van der Waals surface area contributed by atoms with Gasteiger partial charge in [0.2, 0.25) is 0 Å². The fraction of sp³-hybridized carbons (Fsp3) is 0. The first-order valence-corrected chi connectivity index (χ1v) is 13.7. The molecule has 8 aromatic carbocycles. The first kappa shape index (κ1) is 20.7. The van der Waals surface area contributed by atoms with Gasteiger partial charge in [-0.05, 0) is 82.5 Å². The molecule has 0 aliphatic heterocycles. The second kappa shape index (κ2) is 9.22. The Morgan fingerprint density at radius 3 is 1.60 bits per heavy atom. The summed E-state index contributed by atoms with van der Waals surface area (Å²) in [5, 5.41) is 9.14. The van der Waals surface area contributed by atoms with Gasteiger partial charge < -0.3 is 0 Å². The zero-order valence-electron chi connectivity index (χ0n) is 23.9. The van der Waals surface area contributed by atoms with Crippen LogP contribution in [0.3, 0.4) is 0 Å². The standard InChI is InChI=1S/C40H26/c1-2-12-31-26-32(25-20-27(31)10-1)40-37-17-7-5-15-35(37)39(36-16-6-8-18-38(36)40)30-23-21-29(22-24-30)34-19-9-13-28-11-3-4-14-33(28)34/h1-26H/i5D,8D. The molecular weight excluding hydrogens is 480 g/mol. The summed E-state index contributed by atoms with van der Waals surface area (Å²) in [6, 6.07) is 51.6. The van der Waals surface area contributed by atoms with Crippen LogP contribution < -0.4 is 0 Å². The van der Waals surface area contributed by atoms with Gasteiger partial charge in [0.15, 0.2) is 0 Å². The minimum atomic E-state index is 0.483. The third kappa shape index (κ3) is 3.61. The Morgan fingerprint density at radius 2 is 0.850 bits per heavy atom. The number of benzene rings is 8. The maximum Gasteiger partial charge on any atom is 0.0623 e. The largest absolute Gasteiger partial charge is 0.0623 e. The van der Waals surface area contributed by atoms with Crippen LogP contribution in [0.5, 0.6) is 0 Å². The van der Waals surface area contributed by atoms with Crippen molar-refractivity contribution in [3.05, 3.63) is 158 Å². The van der Waals surface area contributed by atoms with Crippen molar-refractivity contribution in [2.45, 2.75) is 0 Å². The van der Waals surface area contributed by atoms with Gasteiger partial charge in [0, 0.05) is 0 Å². The topological polar surface area (TPSA) is 0 Å². The molecule has 0 heterocycles. The highest BCUT2D eigenvalue weighted by atomic mass is 14.2. The molecule has 0 heteroatoms. The van der Waals surface area contributed by atoms with Crippen molar-refractivity contribution in [2.75, 3.05) is 0 Å². The Morgan fingerprint density at radius 1 is 0.325 bits per heavy atom. The van der Waals surface area contributed by atoms with Gasteiger partial charge in [0.05, 0.1) is 2.74 Å². The van der Waals surface area contributed by atoms with Gasteiger partial charge in [0.25, 0.3) is 0 Å². The maximum absolute atomic E-state index is 8.55. The molecule has 40 heavy (non-hydrogen) atoms. The Hall–Kier alpha value is -5.20. The third-order valence-corrected chi connectivity index (χ3v) is 8.12. The van der Waals surface area contributed by atoms with E-state index in [1.807, 2.05) is 24.3 Å². The predicted molar refractivity (Wildman–Crippen MR) is 173 cm³/mol. The summed E-state index contributed by atoms with van der Waals surface area (Å²) in [4.78, 5) is 0. The molecule has 0 saturated heterocycles. The Bertz CT molecular complexity index is 2310. The van der Waals surface area contributed by atoms with Crippen LogP contribution in [0.1, 0.15) is 2.74 Å². The van der Waals surface area contributed by atoms with Gasteiger partial charge in [-0.15, -0.1) is 0 Å². The molecule has 0 fully saturated rings. The van der Waals surface area contributed by atoms with Gasteiger partial charge in [-0.2, -0.15) is 0 Å². The fourth-order valence-electron chi connectivity index (χ4n) is 6.26. The van der Waals surface area contributed by atoms with E-state index in [4.69, 9.17) is 2.74 Å². The van der Waals surface area contributed by atoms with Crippen molar-refractivity contribution in [3.63, 3.8) is 0 Å². The van der Waals surface area contributed by atoms with Crippen LogP contribution in [0.15, 0.2) is 158 Å². The molecule has 0 saturated carbocycles. The molecule has 0 amide bonds. The van der Waals surface area contributed by atoms with Crippen molar-refractivity contribution in [1.29, 1.82) is 0 Å². The maximum atomic E-state index is 8.55. The summed E-state index contributed by atoms with van der Waals surface area (Å²) in [6.45, 7) is 0. The molecule has 0 spiro atoms. The molecule has 0 atom stereocenters. The van der Waals surface area contributed by atoms with Crippen molar-refractivity contribution >= 4 is 43.1 Å². The van der Waals surface area contributed by atoms with E-state index in [0.29, 0.717) is 12.1 Å². The smallest absolute Gasteiger partial charge is 0.0616 e. The van der Waals surface area contributed by atoms with Crippen LogP contribution in [-0.4, -0.2) is 0 Å². The molecule has 0 bridgehead atoms. The average molecular weight is 509 g/mol. The number of hydrogen-bond donors (Lipinski definition) is 0. The molecule has 0 N–H and O–H groups in total.